The Morgan fingerprint density at radius 3 is 2.92 bits per heavy atom. The summed E-state index contributed by atoms with van der Waals surface area (Å²) in [7, 11) is 0. The molecule has 0 radical (unpaired) electrons. The average molecular weight is 238 g/mol. The second-order valence-electron chi connectivity index (χ2n) is 2.67. The van der Waals surface area contributed by atoms with Crippen LogP contribution in [0.5, 0.6) is 0 Å². The Morgan fingerprint density at radius 1 is 1.62 bits per heavy atom. The summed E-state index contributed by atoms with van der Waals surface area (Å²) in [5.74, 6) is -0.124. The molecule has 13 heavy (non-hydrogen) atoms. The van der Waals surface area contributed by atoms with Gasteiger partial charge in [-0.3, -0.25) is 4.79 Å². The van der Waals surface area contributed by atoms with Crippen LogP contribution in [0.3, 0.4) is 0 Å². The minimum absolute atomic E-state index is 0.0582. The minimum atomic E-state index is -0.124. The maximum absolute atomic E-state index is 11.4. The number of nitriles is 1. The molecule has 2 nitrogen and oxygen atoms in total. The summed E-state index contributed by atoms with van der Waals surface area (Å²) >= 11 is 3.33. The molecule has 0 aliphatic heterocycles. The monoisotopic (exact) mass is 237 g/mol. The number of carbonyl (C=O) groups excluding carboxylic acids is 1. The van der Waals surface area contributed by atoms with Crippen molar-refractivity contribution in [2.45, 2.75) is 13.3 Å². The number of nitrogens with zero attached hydrogens (tertiary/aromatic N) is 1. The van der Waals surface area contributed by atoms with Crippen LogP contribution in [0.25, 0.3) is 0 Å². The van der Waals surface area contributed by atoms with Crippen LogP contribution in [-0.4, -0.2) is 5.78 Å². The van der Waals surface area contributed by atoms with E-state index in [2.05, 4.69) is 15.9 Å². The van der Waals surface area contributed by atoms with Gasteiger partial charge < -0.3 is 0 Å². The zero-order chi connectivity index (χ0) is 9.84. The molecule has 0 spiro atoms. The molecule has 3 heteroatoms. The fourth-order valence-corrected chi connectivity index (χ4v) is 1.44. The molecule has 0 heterocycles. The highest BCUT2D eigenvalue weighted by molar-refractivity contribution is 9.10. The lowest BCUT2D eigenvalue weighted by atomic mass is 10.0. The maximum atomic E-state index is 11.4. The van der Waals surface area contributed by atoms with E-state index in [1.54, 1.807) is 12.1 Å². The molecule has 66 valence electrons. The second kappa shape index (κ2) is 4.20. The predicted molar refractivity (Wildman–Crippen MR) is 53.4 cm³/mol. The molecular weight excluding hydrogens is 230 g/mol. The highest BCUT2D eigenvalue weighted by atomic mass is 79.9. The third kappa shape index (κ3) is 2.16. The van der Waals surface area contributed by atoms with Crippen molar-refractivity contribution in [1.82, 2.24) is 0 Å². The van der Waals surface area contributed by atoms with Crippen LogP contribution < -0.4 is 0 Å². The summed E-state index contributed by atoms with van der Waals surface area (Å²) in [6, 6.07) is 7.25. The number of ketones is 1. The number of halogens is 1. The lowest BCUT2D eigenvalue weighted by Gasteiger charge is -2.03. The molecule has 0 saturated heterocycles. The lowest BCUT2D eigenvalue weighted by Crippen LogP contribution is -2.00. The molecule has 0 bridgehead atoms. The summed E-state index contributed by atoms with van der Waals surface area (Å²) in [6.07, 6.45) is -0.0582. The zero-order valence-electron chi connectivity index (χ0n) is 7.17. The van der Waals surface area contributed by atoms with E-state index in [1.165, 1.54) is 0 Å². The molecule has 1 rings (SSSR count). The van der Waals surface area contributed by atoms with Crippen molar-refractivity contribution in [2.75, 3.05) is 0 Å². The topological polar surface area (TPSA) is 40.9 Å². The van der Waals surface area contributed by atoms with Crippen molar-refractivity contribution >= 4 is 21.7 Å². The van der Waals surface area contributed by atoms with Crippen molar-refractivity contribution in [1.29, 1.82) is 5.26 Å². The fourth-order valence-electron chi connectivity index (χ4n) is 1.08. The van der Waals surface area contributed by atoms with Crippen molar-refractivity contribution in [3.63, 3.8) is 0 Å². The number of Topliss-reactive ketones (excluding diaryl/α,β-unsaturated/α-hetero) is 1. The summed E-state index contributed by atoms with van der Waals surface area (Å²) in [4.78, 5) is 11.4. The van der Waals surface area contributed by atoms with Crippen LogP contribution in [0.1, 0.15) is 22.3 Å². The first kappa shape index (κ1) is 9.94. The molecule has 0 saturated carbocycles. The normalized spacial score (nSPS) is 9.31. The van der Waals surface area contributed by atoms with E-state index >= 15 is 0 Å². The van der Waals surface area contributed by atoms with E-state index in [9.17, 15) is 4.79 Å². The molecule has 0 atom stereocenters. The summed E-state index contributed by atoms with van der Waals surface area (Å²) in [5, 5.41) is 8.38. The molecule has 0 unspecified atom stereocenters. The molecule has 1 aromatic carbocycles. The van der Waals surface area contributed by atoms with Crippen LogP contribution in [0.2, 0.25) is 0 Å². The Labute approximate surface area is 85.3 Å². The van der Waals surface area contributed by atoms with E-state index in [0.29, 0.717) is 5.56 Å². The first-order chi connectivity index (χ1) is 6.16. The Balaban J connectivity index is 3.09. The maximum Gasteiger partial charge on any atom is 0.177 e. The number of rotatable bonds is 2. The van der Waals surface area contributed by atoms with Crippen LogP contribution in [-0.2, 0) is 0 Å². The Morgan fingerprint density at radius 2 is 2.31 bits per heavy atom. The molecule has 0 aromatic heterocycles. The number of carbonyl (C=O) groups is 1. The average Bonchev–Trinajstić information content (AvgIpc) is 2.10. The first-order valence-corrected chi connectivity index (χ1v) is 4.61. The van der Waals surface area contributed by atoms with Gasteiger partial charge in [-0.25, -0.2) is 0 Å². The van der Waals surface area contributed by atoms with Crippen molar-refractivity contribution in [3.8, 4) is 6.07 Å². The van der Waals surface area contributed by atoms with Gasteiger partial charge in [0.1, 0.15) is 0 Å². The molecular formula is C10H8BrNO. The van der Waals surface area contributed by atoms with E-state index in [0.717, 1.165) is 10.0 Å². The first-order valence-electron chi connectivity index (χ1n) is 3.82. The third-order valence-electron chi connectivity index (χ3n) is 1.81. The van der Waals surface area contributed by atoms with E-state index in [-0.39, 0.29) is 12.2 Å². The number of hydrogen-bond donors (Lipinski definition) is 0. The van der Waals surface area contributed by atoms with Crippen LogP contribution in [0.4, 0.5) is 0 Å². The smallest absolute Gasteiger partial charge is 0.177 e. The van der Waals surface area contributed by atoms with Gasteiger partial charge in [-0.15, -0.1) is 0 Å². The van der Waals surface area contributed by atoms with Gasteiger partial charge in [0, 0.05) is 10.0 Å². The fraction of sp³-hybridized carbons (Fsp3) is 0.200. The standard InChI is InChI=1S/C10H8BrNO/c1-7-8(10(13)5-6-12)3-2-4-9(7)11/h2-4H,5H2,1H3. The predicted octanol–water partition coefficient (Wildman–Crippen LogP) is 2.85. The van der Waals surface area contributed by atoms with E-state index in [1.807, 2.05) is 19.1 Å². The summed E-state index contributed by atoms with van der Waals surface area (Å²) < 4.78 is 0.899. The molecule has 0 N–H and O–H groups in total. The van der Waals surface area contributed by atoms with Crippen LogP contribution in [0.15, 0.2) is 22.7 Å². The van der Waals surface area contributed by atoms with Gasteiger partial charge in [-0.2, -0.15) is 5.26 Å². The molecule has 0 amide bonds. The van der Waals surface area contributed by atoms with E-state index < -0.39 is 0 Å². The number of hydrogen-bond acceptors (Lipinski definition) is 2. The minimum Gasteiger partial charge on any atom is -0.293 e. The van der Waals surface area contributed by atoms with E-state index in [4.69, 9.17) is 5.26 Å². The Kier molecular flexibility index (Phi) is 3.21. The highest BCUT2D eigenvalue weighted by Gasteiger charge is 2.09. The van der Waals surface area contributed by atoms with Crippen molar-refractivity contribution in [2.24, 2.45) is 0 Å². The SMILES string of the molecule is Cc1c(Br)cccc1C(=O)CC#N. The Bertz CT molecular complexity index is 379. The lowest BCUT2D eigenvalue weighted by molar-refractivity contribution is 0.0997. The molecule has 0 aliphatic rings. The molecule has 0 fully saturated rings. The van der Waals surface area contributed by atoms with Gasteiger partial charge in [-0.1, -0.05) is 28.1 Å². The van der Waals surface area contributed by atoms with Crippen molar-refractivity contribution in [3.05, 3.63) is 33.8 Å². The third-order valence-corrected chi connectivity index (χ3v) is 2.67. The summed E-state index contributed by atoms with van der Waals surface area (Å²) in [6.45, 7) is 1.86. The van der Waals surface area contributed by atoms with Gasteiger partial charge in [0.25, 0.3) is 0 Å². The quantitative estimate of drug-likeness (QED) is 0.743. The largest absolute Gasteiger partial charge is 0.293 e. The zero-order valence-corrected chi connectivity index (χ0v) is 8.76. The van der Waals surface area contributed by atoms with Gasteiger partial charge in [-0.05, 0) is 18.6 Å². The number of benzene rings is 1. The van der Waals surface area contributed by atoms with Crippen LogP contribution in [0, 0.1) is 18.3 Å². The Hall–Kier alpha value is -1.14. The van der Waals surface area contributed by atoms with Gasteiger partial charge in [0.2, 0.25) is 0 Å². The van der Waals surface area contributed by atoms with Gasteiger partial charge >= 0.3 is 0 Å². The van der Waals surface area contributed by atoms with Gasteiger partial charge in [0.15, 0.2) is 5.78 Å². The van der Waals surface area contributed by atoms with Gasteiger partial charge in [0.05, 0.1) is 12.5 Å². The molecule has 0 aliphatic carbocycles. The second-order valence-corrected chi connectivity index (χ2v) is 3.52. The van der Waals surface area contributed by atoms with Crippen LogP contribution >= 0.6 is 15.9 Å². The van der Waals surface area contributed by atoms with Crippen molar-refractivity contribution < 1.29 is 4.79 Å². The summed E-state index contributed by atoms with van der Waals surface area (Å²) in [5.41, 5.74) is 1.51. The highest BCUT2D eigenvalue weighted by Crippen LogP contribution is 2.20. The molecule has 1 aromatic rings.